The molecule has 1 aliphatic rings. The minimum absolute atomic E-state index is 0.333. The first-order chi connectivity index (χ1) is 16.7. The van der Waals surface area contributed by atoms with E-state index in [2.05, 4.69) is 18.4 Å². The smallest absolute Gasteiger partial charge is 0.331 e. The van der Waals surface area contributed by atoms with E-state index < -0.39 is 11.6 Å². The van der Waals surface area contributed by atoms with Crippen molar-refractivity contribution in [3.05, 3.63) is 80.6 Å². The maximum atomic E-state index is 13.6. The SMILES string of the molecule is COc1ccc(C2OCC(C)(C)n3c(-c4ccccc4)c4c(=O)n(C)c(=O)n(C)c4c32)c(OC)c1. The third-order valence-electron chi connectivity index (χ3n) is 6.84. The highest BCUT2D eigenvalue weighted by molar-refractivity contribution is 5.96. The first-order valence-corrected chi connectivity index (χ1v) is 11.4. The van der Waals surface area contributed by atoms with Crippen LogP contribution in [0.25, 0.3) is 22.2 Å². The Bertz CT molecular complexity index is 1560. The summed E-state index contributed by atoms with van der Waals surface area (Å²) in [4.78, 5) is 26.7. The van der Waals surface area contributed by atoms with Gasteiger partial charge in [-0.25, -0.2) is 4.79 Å². The summed E-state index contributed by atoms with van der Waals surface area (Å²) in [5.74, 6) is 1.26. The molecule has 0 saturated heterocycles. The van der Waals surface area contributed by atoms with Crippen LogP contribution in [0.15, 0.2) is 58.1 Å². The van der Waals surface area contributed by atoms with Gasteiger partial charge in [0.25, 0.3) is 5.56 Å². The van der Waals surface area contributed by atoms with Gasteiger partial charge in [-0.15, -0.1) is 0 Å². The summed E-state index contributed by atoms with van der Waals surface area (Å²) >= 11 is 0. The molecule has 1 atom stereocenters. The predicted octanol–water partition coefficient (Wildman–Crippen LogP) is 3.58. The Kier molecular flexibility index (Phi) is 5.36. The van der Waals surface area contributed by atoms with E-state index in [9.17, 15) is 9.59 Å². The van der Waals surface area contributed by atoms with E-state index in [0.29, 0.717) is 29.0 Å². The van der Waals surface area contributed by atoms with E-state index in [-0.39, 0.29) is 11.2 Å². The zero-order valence-corrected chi connectivity index (χ0v) is 20.8. The molecule has 0 fully saturated rings. The molecule has 1 aliphatic heterocycles. The molecule has 182 valence electrons. The number of aryl methyl sites for hydroxylation is 1. The van der Waals surface area contributed by atoms with Gasteiger partial charge < -0.3 is 18.8 Å². The van der Waals surface area contributed by atoms with Gasteiger partial charge in [0, 0.05) is 25.7 Å². The minimum atomic E-state index is -0.568. The Morgan fingerprint density at radius 3 is 2.34 bits per heavy atom. The van der Waals surface area contributed by atoms with Crippen molar-refractivity contribution in [3.63, 3.8) is 0 Å². The number of rotatable bonds is 4. The summed E-state index contributed by atoms with van der Waals surface area (Å²) in [6.07, 6.45) is -0.568. The maximum Gasteiger partial charge on any atom is 0.331 e. The number of nitrogens with zero attached hydrogens (tertiary/aromatic N) is 3. The molecule has 8 nitrogen and oxygen atoms in total. The van der Waals surface area contributed by atoms with Gasteiger partial charge in [-0.05, 0) is 31.5 Å². The molecule has 8 heteroatoms. The Labute approximate surface area is 202 Å². The topological polar surface area (TPSA) is 76.6 Å². The molecule has 0 saturated carbocycles. The van der Waals surface area contributed by atoms with E-state index >= 15 is 0 Å². The number of hydrogen-bond acceptors (Lipinski definition) is 5. The molecule has 1 unspecified atom stereocenters. The van der Waals surface area contributed by atoms with Gasteiger partial charge in [0.05, 0.1) is 48.7 Å². The van der Waals surface area contributed by atoms with Crippen LogP contribution < -0.4 is 20.7 Å². The van der Waals surface area contributed by atoms with Crippen LogP contribution >= 0.6 is 0 Å². The maximum absolute atomic E-state index is 13.6. The summed E-state index contributed by atoms with van der Waals surface area (Å²) in [7, 11) is 6.41. The molecule has 2 aromatic heterocycles. The molecule has 0 bridgehead atoms. The lowest BCUT2D eigenvalue weighted by Gasteiger charge is -2.39. The van der Waals surface area contributed by atoms with Crippen molar-refractivity contribution in [1.29, 1.82) is 0 Å². The Morgan fingerprint density at radius 2 is 1.69 bits per heavy atom. The first-order valence-electron chi connectivity index (χ1n) is 11.4. The van der Waals surface area contributed by atoms with E-state index in [1.807, 2.05) is 48.5 Å². The molecule has 0 radical (unpaired) electrons. The van der Waals surface area contributed by atoms with Crippen molar-refractivity contribution in [2.45, 2.75) is 25.5 Å². The van der Waals surface area contributed by atoms with Gasteiger partial charge >= 0.3 is 5.69 Å². The molecule has 0 aliphatic carbocycles. The van der Waals surface area contributed by atoms with Crippen molar-refractivity contribution < 1.29 is 14.2 Å². The fourth-order valence-electron chi connectivity index (χ4n) is 5.14. The molecule has 0 amide bonds. The highest BCUT2D eigenvalue weighted by Gasteiger charge is 2.41. The van der Waals surface area contributed by atoms with Crippen molar-refractivity contribution in [3.8, 4) is 22.8 Å². The molecule has 0 spiro atoms. The molecule has 2 aromatic carbocycles. The Balaban J connectivity index is 1.98. The number of hydrogen-bond donors (Lipinski definition) is 0. The molecule has 35 heavy (non-hydrogen) atoms. The number of ether oxygens (including phenoxy) is 3. The van der Waals surface area contributed by atoms with Gasteiger partial charge in [-0.1, -0.05) is 30.3 Å². The third kappa shape index (κ3) is 3.31. The van der Waals surface area contributed by atoms with Crippen LogP contribution in [-0.2, 0) is 24.4 Å². The summed E-state index contributed by atoms with van der Waals surface area (Å²) in [5, 5.41) is 0.492. The van der Waals surface area contributed by atoms with Crippen LogP contribution in [0.5, 0.6) is 11.5 Å². The molecule has 5 rings (SSSR count). The zero-order valence-electron chi connectivity index (χ0n) is 20.8. The number of fused-ring (bicyclic) bond motifs is 3. The van der Waals surface area contributed by atoms with E-state index in [1.165, 1.54) is 7.05 Å². The second-order valence-corrected chi connectivity index (χ2v) is 9.48. The summed E-state index contributed by atoms with van der Waals surface area (Å²) in [5.41, 5.74) is 2.56. The Morgan fingerprint density at radius 1 is 0.971 bits per heavy atom. The van der Waals surface area contributed by atoms with Gasteiger partial charge in [-0.2, -0.15) is 0 Å². The highest BCUT2D eigenvalue weighted by Crippen LogP contribution is 2.47. The summed E-state index contributed by atoms with van der Waals surface area (Å²) in [6.45, 7) is 4.55. The zero-order chi connectivity index (χ0) is 25.1. The van der Waals surface area contributed by atoms with Crippen molar-refractivity contribution in [1.82, 2.24) is 13.7 Å². The lowest BCUT2D eigenvalue weighted by molar-refractivity contribution is -0.00801. The first kappa shape index (κ1) is 23.0. The molecule has 3 heterocycles. The fraction of sp³-hybridized carbons (Fsp3) is 0.333. The van der Waals surface area contributed by atoms with Crippen LogP contribution in [0.4, 0.5) is 0 Å². The average molecular weight is 476 g/mol. The van der Waals surface area contributed by atoms with Crippen molar-refractivity contribution in [2.24, 2.45) is 14.1 Å². The van der Waals surface area contributed by atoms with Gasteiger partial charge in [-0.3, -0.25) is 13.9 Å². The largest absolute Gasteiger partial charge is 0.497 e. The van der Waals surface area contributed by atoms with Crippen LogP contribution in [0, 0.1) is 0 Å². The molecular formula is C27H29N3O5. The van der Waals surface area contributed by atoms with Crippen molar-refractivity contribution >= 4 is 10.9 Å². The summed E-state index contributed by atoms with van der Waals surface area (Å²) in [6, 6.07) is 15.4. The average Bonchev–Trinajstić information content (AvgIpc) is 3.24. The van der Waals surface area contributed by atoms with Gasteiger partial charge in [0.1, 0.15) is 17.6 Å². The van der Waals surface area contributed by atoms with Gasteiger partial charge in [0.2, 0.25) is 0 Å². The lowest BCUT2D eigenvalue weighted by atomic mass is 9.97. The highest BCUT2D eigenvalue weighted by atomic mass is 16.5. The second kappa shape index (κ2) is 8.16. The molecule has 4 aromatic rings. The third-order valence-corrected chi connectivity index (χ3v) is 6.84. The molecular weight excluding hydrogens is 446 g/mol. The molecule has 0 N–H and O–H groups in total. The predicted molar refractivity (Wildman–Crippen MR) is 135 cm³/mol. The van der Waals surface area contributed by atoms with Crippen LogP contribution in [0.2, 0.25) is 0 Å². The van der Waals surface area contributed by atoms with E-state index in [1.54, 1.807) is 25.8 Å². The number of methoxy groups -OCH3 is 2. The van der Waals surface area contributed by atoms with E-state index in [0.717, 1.165) is 27.1 Å². The fourth-order valence-corrected chi connectivity index (χ4v) is 5.14. The minimum Gasteiger partial charge on any atom is -0.497 e. The quantitative estimate of drug-likeness (QED) is 0.451. The standard InChI is InChI=1S/C27H29N3O5/c1-27(2)15-35-24(18-13-12-17(33-5)14-19(18)34-6)23-22-20(25(31)29(4)26(32)28(22)3)21(30(23)27)16-10-8-7-9-11-16/h7-14,24H,15H2,1-6H3. The Hall–Kier alpha value is -3.78. The second-order valence-electron chi connectivity index (χ2n) is 9.48. The van der Waals surface area contributed by atoms with Crippen LogP contribution in [-0.4, -0.2) is 34.5 Å². The lowest BCUT2D eigenvalue weighted by Crippen LogP contribution is -2.40. The van der Waals surface area contributed by atoms with Crippen LogP contribution in [0.1, 0.15) is 31.2 Å². The van der Waals surface area contributed by atoms with E-state index in [4.69, 9.17) is 14.2 Å². The monoisotopic (exact) mass is 475 g/mol. The van der Waals surface area contributed by atoms with Gasteiger partial charge in [0.15, 0.2) is 0 Å². The number of aromatic nitrogens is 3. The van der Waals surface area contributed by atoms with Crippen LogP contribution in [0.3, 0.4) is 0 Å². The normalized spacial score (nSPS) is 16.8. The number of benzene rings is 2. The summed E-state index contributed by atoms with van der Waals surface area (Å²) < 4.78 is 22.4. The van der Waals surface area contributed by atoms with Crippen molar-refractivity contribution in [2.75, 3.05) is 20.8 Å².